The molecule has 2 heterocycles. The SMILES string of the molecule is OC(COc1ccc(F)cc1)CN1CCCC1CC(O)c1ccco1. The molecule has 1 fully saturated rings. The number of hydrogen-bond acceptors (Lipinski definition) is 5. The van der Waals surface area contributed by atoms with Crippen molar-refractivity contribution < 1.29 is 23.8 Å². The third kappa shape index (κ3) is 5.04. The van der Waals surface area contributed by atoms with E-state index >= 15 is 0 Å². The molecule has 3 rings (SSSR count). The molecule has 3 unspecified atom stereocenters. The minimum atomic E-state index is -0.647. The Kier molecular flexibility index (Phi) is 6.07. The minimum Gasteiger partial charge on any atom is -0.491 e. The number of hydrogen-bond donors (Lipinski definition) is 2. The van der Waals surface area contributed by atoms with E-state index in [1.54, 1.807) is 30.5 Å². The number of aliphatic hydroxyl groups excluding tert-OH is 2. The number of aliphatic hydroxyl groups is 2. The molecular weight excluding hydrogens is 325 g/mol. The van der Waals surface area contributed by atoms with Crippen LogP contribution in [0.2, 0.25) is 0 Å². The van der Waals surface area contributed by atoms with Crippen LogP contribution in [0.5, 0.6) is 5.75 Å². The standard InChI is InChI=1S/C19H24FNO4/c20-14-5-7-17(8-6-14)25-13-16(22)12-21-9-1-3-15(21)11-18(23)19-4-2-10-24-19/h2,4-8,10,15-16,18,22-23H,1,3,9,11-13H2. The molecule has 6 heteroatoms. The summed E-state index contributed by atoms with van der Waals surface area (Å²) in [6, 6.07) is 9.49. The molecule has 1 aromatic carbocycles. The molecule has 0 saturated carbocycles. The highest BCUT2D eigenvalue weighted by atomic mass is 19.1. The zero-order valence-electron chi connectivity index (χ0n) is 14.1. The van der Waals surface area contributed by atoms with E-state index in [4.69, 9.17) is 9.15 Å². The summed E-state index contributed by atoms with van der Waals surface area (Å²) in [4.78, 5) is 2.19. The maximum Gasteiger partial charge on any atom is 0.132 e. The summed E-state index contributed by atoms with van der Waals surface area (Å²) in [5.74, 6) is 0.793. The molecule has 136 valence electrons. The number of rotatable bonds is 8. The van der Waals surface area contributed by atoms with Crippen molar-refractivity contribution in [3.63, 3.8) is 0 Å². The van der Waals surface area contributed by atoms with Crippen molar-refractivity contribution in [3.8, 4) is 5.75 Å². The molecule has 0 radical (unpaired) electrons. The van der Waals surface area contributed by atoms with Crippen molar-refractivity contribution in [3.05, 3.63) is 54.2 Å². The number of furan rings is 1. The maximum atomic E-state index is 12.9. The van der Waals surface area contributed by atoms with Crippen LogP contribution >= 0.6 is 0 Å². The van der Waals surface area contributed by atoms with Crippen LogP contribution in [0.3, 0.4) is 0 Å². The molecule has 5 nitrogen and oxygen atoms in total. The molecule has 1 aliphatic heterocycles. The molecule has 1 saturated heterocycles. The summed E-state index contributed by atoms with van der Waals surface area (Å²) >= 11 is 0. The van der Waals surface area contributed by atoms with E-state index in [1.165, 1.54) is 12.1 Å². The van der Waals surface area contributed by atoms with Gasteiger partial charge in [-0.1, -0.05) is 0 Å². The van der Waals surface area contributed by atoms with Crippen LogP contribution in [0.25, 0.3) is 0 Å². The second-order valence-electron chi connectivity index (χ2n) is 6.48. The highest BCUT2D eigenvalue weighted by Gasteiger charge is 2.29. The number of β-amino-alcohol motifs (C(OH)–C–C–N with tert-alkyl or cyclic N) is 1. The summed E-state index contributed by atoms with van der Waals surface area (Å²) in [6.45, 7) is 1.52. The van der Waals surface area contributed by atoms with E-state index in [-0.39, 0.29) is 18.5 Å². The van der Waals surface area contributed by atoms with Crippen molar-refractivity contribution in [2.24, 2.45) is 0 Å². The van der Waals surface area contributed by atoms with Crippen molar-refractivity contribution >= 4 is 0 Å². The van der Waals surface area contributed by atoms with E-state index in [0.29, 0.717) is 24.5 Å². The molecule has 0 bridgehead atoms. The van der Waals surface area contributed by atoms with E-state index in [9.17, 15) is 14.6 Å². The van der Waals surface area contributed by atoms with Crippen LogP contribution in [0, 0.1) is 5.82 Å². The largest absolute Gasteiger partial charge is 0.491 e. The predicted octanol–water partition coefficient (Wildman–Crippen LogP) is 2.75. The first-order chi connectivity index (χ1) is 12.1. The fourth-order valence-corrected chi connectivity index (χ4v) is 3.30. The molecule has 25 heavy (non-hydrogen) atoms. The number of likely N-dealkylation sites (tertiary alicyclic amines) is 1. The van der Waals surface area contributed by atoms with Crippen LogP contribution in [-0.4, -0.2) is 47.0 Å². The summed E-state index contributed by atoms with van der Waals surface area (Å²) < 4.78 is 23.6. The third-order valence-corrected chi connectivity index (χ3v) is 4.57. The Labute approximate surface area is 146 Å². The van der Waals surface area contributed by atoms with Gasteiger partial charge in [0, 0.05) is 12.6 Å². The van der Waals surface area contributed by atoms with Crippen molar-refractivity contribution in [2.45, 2.75) is 37.5 Å². The van der Waals surface area contributed by atoms with Gasteiger partial charge >= 0.3 is 0 Å². The molecule has 1 aliphatic rings. The zero-order valence-corrected chi connectivity index (χ0v) is 14.1. The van der Waals surface area contributed by atoms with Crippen LogP contribution in [-0.2, 0) is 0 Å². The summed E-state index contributed by atoms with van der Waals surface area (Å²) in [5.41, 5.74) is 0. The summed E-state index contributed by atoms with van der Waals surface area (Å²) in [6.07, 6.45) is 2.89. The first-order valence-electron chi connectivity index (χ1n) is 8.64. The topological polar surface area (TPSA) is 66.1 Å². The van der Waals surface area contributed by atoms with E-state index in [2.05, 4.69) is 4.90 Å². The Morgan fingerprint density at radius 3 is 2.76 bits per heavy atom. The van der Waals surface area contributed by atoms with Crippen molar-refractivity contribution in [1.29, 1.82) is 0 Å². The molecule has 3 atom stereocenters. The predicted molar refractivity (Wildman–Crippen MR) is 90.8 cm³/mol. The monoisotopic (exact) mass is 349 g/mol. The van der Waals surface area contributed by atoms with Gasteiger partial charge < -0.3 is 19.4 Å². The number of benzene rings is 1. The Morgan fingerprint density at radius 1 is 1.24 bits per heavy atom. The highest BCUT2D eigenvalue weighted by molar-refractivity contribution is 5.22. The van der Waals surface area contributed by atoms with Gasteiger partial charge in [-0.05, 0) is 62.2 Å². The summed E-state index contributed by atoms with van der Waals surface area (Å²) in [5, 5.41) is 20.5. The Bertz CT molecular complexity index is 631. The average Bonchev–Trinajstić information content (AvgIpc) is 3.27. The van der Waals surface area contributed by atoms with E-state index in [1.807, 2.05) is 0 Å². The van der Waals surface area contributed by atoms with Crippen LogP contribution in [0.4, 0.5) is 4.39 Å². The fraction of sp³-hybridized carbons (Fsp3) is 0.474. The van der Waals surface area contributed by atoms with Gasteiger partial charge in [-0.25, -0.2) is 4.39 Å². The zero-order chi connectivity index (χ0) is 17.6. The Hall–Kier alpha value is -1.89. The Morgan fingerprint density at radius 2 is 2.04 bits per heavy atom. The van der Waals surface area contributed by atoms with Crippen LogP contribution in [0.15, 0.2) is 47.1 Å². The van der Waals surface area contributed by atoms with Gasteiger partial charge in [0.25, 0.3) is 0 Å². The number of halogens is 1. The van der Waals surface area contributed by atoms with Crippen LogP contribution < -0.4 is 4.74 Å². The van der Waals surface area contributed by atoms with Gasteiger partial charge in [0.05, 0.1) is 6.26 Å². The lowest BCUT2D eigenvalue weighted by molar-refractivity contribution is 0.0481. The minimum absolute atomic E-state index is 0.148. The molecule has 0 aliphatic carbocycles. The smallest absolute Gasteiger partial charge is 0.132 e. The number of ether oxygens (including phenoxy) is 1. The normalized spacial score (nSPS) is 20.5. The third-order valence-electron chi connectivity index (χ3n) is 4.57. The molecular formula is C19H24FNO4. The molecule has 2 aromatic rings. The van der Waals surface area contributed by atoms with Gasteiger partial charge in [-0.3, -0.25) is 4.90 Å². The molecule has 1 aromatic heterocycles. The average molecular weight is 349 g/mol. The van der Waals surface area contributed by atoms with Crippen molar-refractivity contribution in [1.82, 2.24) is 4.90 Å². The lowest BCUT2D eigenvalue weighted by Crippen LogP contribution is -2.39. The van der Waals surface area contributed by atoms with E-state index in [0.717, 1.165) is 19.4 Å². The van der Waals surface area contributed by atoms with Gasteiger partial charge in [-0.2, -0.15) is 0 Å². The second-order valence-corrected chi connectivity index (χ2v) is 6.48. The lowest BCUT2D eigenvalue weighted by atomic mass is 10.0. The second kappa shape index (κ2) is 8.47. The van der Waals surface area contributed by atoms with Crippen LogP contribution in [0.1, 0.15) is 31.1 Å². The fourth-order valence-electron chi connectivity index (χ4n) is 3.30. The molecule has 2 N–H and O–H groups in total. The first-order valence-corrected chi connectivity index (χ1v) is 8.64. The quantitative estimate of drug-likeness (QED) is 0.767. The van der Waals surface area contributed by atoms with Gasteiger partial charge in [0.15, 0.2) is 0 Å². The summed E-state index contributed by atoms with van der Waals surface area (Å²) in [7, 11) is 0. The van der Waals surface area contributed by atoms with Gasteiger partial charge in [-0.15, -0.1) is 0 Å². The van der Waals surface area contributed by atoms with Crippen molar-refractivity contribution in [2.75, 3.05) is 19.7 Å². The number of nitrogens with zero attached hydrogens (tertiary/aromatic N) is 1. The van der Waals surface area contributed by atoms with Gasteiger partial charge in [0.2, 0.25) is 0 Å². The maximum absolute atomic E-state index is 12.9. The lowest BCUT2D eigenvalue weighted by Gasteiger charge is -2.28. The van der Waals surface area contributed by atoms with E-state index < -0.39 is 12.2 Å². The first kappa shape index (κ1) is 17.9. The Balaban J connectivity index is 1.46. The molecule has 0 amide bonds. The highest BCUT2D eigenvalue weighted by Crippen LogP contribution is 2.27. The van der Waals surface area contributed by atoms with Gasteiger partial charge in [0.1, 0.15) is 36.1 Å². The molecule has 0 spiro atoms.